The summed E-state index contributed by atoms with van der Waals surface area (Å²) in [5, 5.41) is 20.3. The average Bonchev–Trinajstić information content (AvgIpc) is 2.83. The van der Waals surface area contributed by atoms with Crippen molar-refractivity contribution in [2.75, 3.05) is 6.61 Å². The number of phenols is 2. The number of carbonyl (C=O) groups is 1. The van der Waals surface area contributed by atoms with E-state index in [4.69, 9.17) is 14.7 Å². The van der Waals surface area contributed by atoms with Crippen LogP contribution in [0.25, 0.3) is 0 Å². The summed E-state index contributed by atoms with van der Waals surface area (Å²) in [6.45, 7) is 2.06. The molecule has 1 saturated carbocycles. The fraction of sp³-hybridized carbons (Fsp3) is 0.370. The molecule has 3 rings (SSSR count). The molecule has 0 bridgehead atoms. The van der Waals surface area contributed by atoms with Gasteiger partial charge in [0.2, 0.25) is 0 Å². The Hall–Kier alpha value is -3.41. The second kappa shape index (κ2) is 12.6. The SMILES string of the molecule is CCOC(=O)/C=C/[C@H](N=Cc1ccccc1O)[C@@H](N=Cc1ccccc1O)C1CCCCC1. The molecule has 0 radical (unpaired) electrons. The maximum Gasteiger partial charge on any atom is 0.330 e. The van der Waals surface area contributed by atoms with Crippen LogP contribution in [-0.2, 0) is 9.53 Å². The number of carbonyl (C=O) groups excluding carboxylic acids is 1. The molecule has 2 atom stereocenters. The lowest BCUT2D eigenvalue weighted by molar-refractivity contribution is -0.137. The maximum atomic E-state index is 12.0. The van der Waals surface area contributed by atoms with Gasteiger partial charge in [-0.25, -0.2) is 4.79 Å². The molecular weight excluding hydrogens is 416 g/mol. The third kappa shape index (κ3) is 7.31. The molecule has 0 amide bonds. The second-order valence-corrected chi connectivity index (χ2v) is 8.16. The molecule has 2 aromatic carbocycles. The van der Waals surface area contributed by atoms with Gasteiger partial charge in [0.1, 0.15) is 11.5 Å². The fourth-order valence-electron chi connectivity index (χ4n) is 4.11. The molecule has 174 valence electrons. The van der Waals surface area contributed by atoms with Crippen molar-refractivity contribution in [1.82, 2.24) is 0 Å². The Balaban J connectivity index is 1.96. The van der Waals surface area contributed by atoms with Gasteiger partial charge in [-0.1, -0.05) is 49.6 Å². The number of esters is 1. The van der Waals surface area contributed by atoms with E-state index in [1.807, 2.05) is 18.2 Å². The Morgan fingerprint density at radius 3 is 2.12 bits per heavy atom. The van der Waals surface area contributed by atoms with Gasteiger partial charge in [-0.2, -0.15) is 0 Å². The predicted octanol–water partition coefficient (Wildman–Crippen LogP) is 5.07. The van der Waals surface area contributed by atoms with Crippen molar-refractivity contribution in [2.24, 2.45) is 15.9 Å². The normalized spacial score (nSPS) is 17.0. The molecule has 0 saturated heterocycles. The van der Waals surface area contributed by atoms with Crippen LogP contribution < -0.4 is 0 Å². The lowest BCUT2D eigenvalue weighted by atomic mass is 9.81. The van der Waals surface area contributed by atoms with Crippen LogP contribution in [0.3, 0.4) is 0 Å². The first kappa shape index (κ1) is 24.2. The van der Waals surface area contributed by atoms with Gasteiger partial charge in [-0.3, -0.25) is 9.98 Å². The van der Waals surface area contributed by atoms with Crippen molar-refractivity contribution in [1.29, 1.82) is 0 Å². The van der Waals surface area contributed by atoms with Crippen LogP contribution in [0.4, 0.5) is 0 Å². The van der Waals surface area contributed by atoms with Crippen LogP contribution in [0.1, 0.15) is 50.2 Å². The number of hydrogen-bond donors (Lipinski definition) is 2. The molecule has 6 heteroatoms. The van der Waals surface area contributed by atoms with Gasteiger partial charge in [0.15, 0.2) is 0 Å². The van der Waals surface area contributed by atoms with E-state index in [0.29, 0.717) is 23.7 Å². The van der Waals surface area contributed by atoms with E-state index in [2.05, 4.69) is 0 Å². The smallest absolute Gasteiger partial charge is 0.330 e. The molecule has 0 aliphatic heterocycles. The number of rotatable bonds is 9. The third-order valence-electron chi connectivity index (χ3n) is 5.84. The van der Waals surface area contributed by atoms with Gasteiger partial charge in [-0.15, -0.1) is 0 Å². The number of para-hydroxylation sites is 2. The van der Waals surface area contributed by atoms with Crippen molar-refractivity contribution in [2.45, 2.75) is 51.1 Å². The zero-order valence-electron chi connectivity index (χ0n) is 19.0. The largest absolute Gasteiger partial charge is 0.507 e. The van der Waals surface area contributed by atoms with Gasteiger partial charge in [0.25, 0.3) is 0 Å². The summed E-state index contributed by atoms with van der Waals surface area (Å²) >= 11 is 0. The first-order valence-corrected chi connectivity index (χ1v) is 11.6. The summed E-state index contributed by atoms with van der Waals surface area (Å²) in [6, 6.07) is 13.4. The fourth-order valence-corrected chi connectivity index (χ4v) is 4.11. The van der Waals surface area contributed by atoms with E-state index < -0.39 is 12.0 Å². The molecule has 1 fully saturated rings. The predicted molar refractivity (Wildman–Crippen MR) is 131 cm³/mol. The molecule has 0 heterocycles. The van der Waals surface area contributed by atoms with E-state index in [1.165, 1.54) is 12.5 Å². The van der Waals surface area contributed by atoms with E-state index in [9.17, 15) is 15.0 Å². The van der Waals surface area contributed by atoms with Crippen LogP contribution in [0.5, 0.6) is 11.5 Å². The molecular formula is C27H32N2O4. The molecule has 6 nitrogen and oxygen atoms in total. The van der Waals surface area contributed by atoms with Crippen molar-refractivity contribution in [3.63, 3.8) is 0 Å². The summed E-state index contributed by atoms with van der Waals surface area (Å²) in [5.74, 6) is 0.174. The van der Waals surface area contributed by atoms with Gasteiger partial charge >= 0.3 is 5.97 Å². The number of hydrogen-bond acceptors (Lipinski definition) is 6. The zero-order chi connectivity index (χ0) is 23.5. The second-order valence-electron chi connectivity index (χ2n) is 8.16. The van der Waals surface area contributed by atoms with Crippen molar-refractivity contribution < 1.29 is 19.7 Å². The number of phenolic OH excluding ortho intramolecular Hbond substituents is 2. The number of aromatic hydroxyl groups is 2. The highest BCUT2D eigenvalue weighted by Gasteiger charge is 2.29. The highest BCUT2D eigenvalue weighted by atomic mass is 16.5. The Morgan fingerprint density at radius 1 is 0.970 bits per heavy atom. The minimum Gasteiger partial charge on any atom is -0.507 e. The van der Waals surface area contributed by atoms with Crippen LogP contribution in [0, 0.1) is 5.92 Å². The number of benzene rings is 2. The van der Waals surface area contributed by atoms with Crippen LogP contribution in [0.2, 0.25) is 0 Å². The molecule has 1 aliphatic carbocycles. The minimum atomic E-state index is -0.431. The van der Waals surface area contributed by atoms with Gasteiger partial charge in [-0.05, 0) is 49.9 Å². The number of ether oxygens (including phenoxy) is 1. The minimum absolute atomic E-state index is 0.140. The van der Waals surface area contributed by atoms with Crippen molar-refractivity contribution in [3.05, 3.63) is 71.8 Å². The van der Waals surface area contributed by atoms with Gasteiger partial charge < -0.3 is 14.9 Å². The van der Waals surface area contributed by atoms with Gasteiger partial charge in [0, 0.05) is 29.6 Å². The van der Waals surface area contributed by atoms with E-state index in [-0.39, 0.29) is 17.5 Å². The lowest BCUT2D eigenvalue weighted by Crippen LogP contribution is -2.32. The van der Waals surface area contributed by atoms with Crippen molar-refractivity contribution in [3.8, 4) is 11.5 Å². The number of nitrogens with zero attached hydrogens (tertiary/aromatic N) is 2. The quantitative estimate of drug-likeness (QED) is 0.318. The summed E-state index contributed by atoms with van der Waals surface area (Å²) < 4.78 is 5.06. The monoisotopic (exact) mass is 448 g/mol. The summed E-state index contributed by atoms with van der Waals surface area (Å²) in [6.07, 6.45) is 12.0. The van der Waals surface area contributed by atoms with E-state index >= 15 is 0 Å². The molecule has 0 unspecified atom stereocenters. The molecule has 2 aromatic rings. The first-order chi connectivity index (χ1) is 16.1. The van der Waals surface area contributed by atoms with Crippen LogP contribution in [-0.4, -0.2) is 47.3 Å². The third-order valence-corrected chi connectivity index (χ3v) is 5.84. The molecule has 1 aliphatic rings. The highest BCUT2D eigenvalue weighted by molar-refractivity contribution is 5.85. The molecule has 0 spiro atoms. The topological polar surface area (TPSA) is 91.5 Å². The molecule has 2 N–H and O–H groups in total. The molecule has 33 heavy (non-hydrogen) atoms. The lowest BCUT2D eigenvalue weighted by Gasteiger charge is -2.30. The van der Waals surface area contributed by atoms with E-state index in [1.54, 1.807) is 55.8 Å². The van der Waals surface area contributed by atoms with Crippen LogP contribution in [0.15, 0.2) is 70.7 Å². The Morgan fingerprint density at radius 2 is 1.55 bits per heavy atom. The van der Waals surface area contributed by atoms with Crippen molar-refractivity contribution >= 4 is 18.4 Å². The molecule has 0 aromatic heterocycles. The summed E-state index contributed by atoms with van der Waals surface area (Å²) in [4.78, 5) is 21.6. The summed E-state index contributed by atoms with van der Waals surface area (Å²) in [5.41, 5.74) is 1.23. The summed E-state index contributed by atoms with van der Waals surface area (Å²) in [7, 11) is 0. The van der Waals surface area contributed by atoms with E-state index in [0.717, 1.165) is 25.7 Å². The zero-order valence-corrected chi connectivity index (χ0v) is 19.0. The Kier molecular flexibility index (Phi) is 9.24. The standard InChI is InChI=1S/C27H32N2O4/c1-2-33-26(32)17-16-23(28-18-21-12-6-8-14-24(21)30)27(20-10-4-3-5-11-20)29-19-22-13-7-9-15-25(22)31/h6-9,12-20,23,27,30-31H,2-5,10-11H2,1H3/b17-16+,28-18?,29-19?/t23-,27-/m0/s1. The Labute approximate surface area is 195 Å². The first-order valence-electron chi connectivity index (χ1n) is 11.6. The number of aliphatic imine (C=N–C) groups is 2. The van der Waals surface area contributed by atoms with Gasteiger partial charge in [0.05, 0.1) is 18.7 Å². The highest BCUT2D eigenvalue weighted by Crippen LogP contribution is 2.31. The maximum absolute atomic E-state index is 12.0. The Bertz CT molecular complexity index is 993. The average molecular weight is 449 g/mol. The van der Waals surface area contributed by atoms with Crippen LogP contribution >= 0.6 is 0 Å².